The van der Waals surface area contributed by atoms with Gasteiger partial charge >= 0.3 is 0 Å². The molecule has 0 atom stereocenters. The zero-order valence-electron chi connectivity index (χ0n) is 15.4. The van der Waals surface area contributed by atoms with E-state index in [2.05, 4.69) is 46.1 Å². The van der Waals surface area contributed by atoms with Crippen molar-refractivity contribution in [3.05, 3.63) is 53.1 Å². The molecule has 0 bridgehead atoms. The van der Waals surface area contributed by atoms with Crippen LogP contribution >= 0.6 is 0 Å². The molecule has 4 rings (SSSR count). The number of aromatic nitrogens is 2. The first-order chi connectivity index (χ1) is 12.4. The van der Waals surface area contributed by atoms with E-state index in [1.807, 2.05) is 0 Å². The van der Waals surface area contributed by atoms with E-state index in [1.54, 1.807) is 10.6 Å². The normalized spacial score (nSPS) is 21.0. The molecule has 1 fully saturated rings. The molecule has 1 aromatic carbocycles. The second kappa shape index (κ2) is 6.48. The van der Waals surface area contributed by atoms with Gasteiger partial charge in [0.2, 0.25) is 10.0 Å². The van der Waals surface area contributed by atoms with Crippen LogP contribution in [0, 0.1) is 6.92 Å². The minimum atomic E-state index is -3.28. The Balaban J connectivity index is 1.57. The largest absolute Gasteiger partial charge is 0.348 e. The van der Waals surface area contributed by atoms with Gasteiger partial charge in [-0.25, -0.2) is 13.4 Å². The zero-order chi connectivity index (χ0) is 18.4. The minimum Gasteiger partial charge on any atom is -0.348 e. The predicted molar refractivity (Wildman–Crippen MR) is 101 cm³/mol. The molecule has 2 aliphatic heterocycles. The fourth-order valence-electron chi connectivity index (χ4n) is 4.58. The molecule has 0 saturated carbocycles. The van der Waals surface area contributed by atoms with Crippen molar-refractivity contribution in [2.24, 2.45) is 0 Å². The van der Waals surface area contributed by atoms with Gasteiger partial charge in [-0.3, -0.25) is 4.90 Å². The van der Waals surface area contributed by atoms with Crippen LogP contribution in [0.2, 0.25) is 0 Å². The van der Waals surface area contributed by atoms with E-state index in [-0.39, 0.29) is 0 Å². The number of aryl methyl sites for hydroxylation is 1. The maximum atomic E-state index is 12.5. The van der Waals surface area contributed by atoms with Crippen LogP contribution in [0.4, 0.5) is 0 Å². The topological polar surface area (TPSA) is 69.3 Å². The van der Waals surface area contributed by atoms with Crippen molar-refractivity contribution in [3.63, 3.8) is 0 Å². The number of sulfonamides is 1. The Morgan fingerprint density at radius 3 is 2.69 bits per heavy atom. The van der Waals surface area contributed by atoms with E-state index in [9.17, 15) is 8.42 Å². The number of fused-ring (bicyclic) bond motifs is 2. The molecule has 3 heterocycles. The number of imidazole rings is 1. The molecule has 0 amide bonds. The lowest BCUT2D eigenvalue weighted by Crippen LogP contribution is -2.57. The molecule has 1 spiro atoms. The van der Waals surface area contributed by atoms with E-state index in [1.165, 1.54) is 17.4 Å². The van der Waals surface area contributed by atoms with Gasteiger partial charge in [-0.15, -0.1) is 0 Å². The highest BCUT2D eigenvalue weighted by molar-refractivity contribution is 7.88. The summed E-state index contributed by atoms with van der Waals surface area (Å²) in [5.74, 6) is 0. The molecule has 1 aromatic heterocycles. The van der Waals surface area contributed by atoms with E-state index >= 15 is 0 Å². The van der Waals surface area contributed by atoms with Crippen LogP contribution in [0.5, 0.6) is 0 Å². The van der Waals surface area contributed by atoms with Crippen LogP contribution in [0.3, 0.4) is 0 Å². The van der Waals surface area contributed by atoms with Crippen molar-refractivity contribution >= 4 is 10.0 Å². The molecular formula is C19H26N4O2S. The molecule has 26 heavy (non-hydrogen) atoms. The second-order valence-electron chi connectivity index (χ2n) is 7.61. The molecule has 7 heteroatoms. The molecular weight excluding hydrogens is 348 g/mol. The van der Waals surface area contributed by atoms with Crippen LogP contribution in [-0.4, -0.2) is 53.5 Å². The van der Waals surface area contributed by atoms with Crippen molar-refractivity contribution in [3.8, 4) is 0 Å². The first-order valence-electron chi connectivity index (χ1n) is 9.17. The lowest BCUT2D eigenvalue weighted by atomic mass is 9.80. The highest BCUT2D eigenvalue weighted by Gasteiger charge is 2.50. The summed E-state index contributed by atoms with van der Waals surface area (Å²) in [7, 11) is -3.28. The predicted octanol–water partition coefficient (Wildman–Crippen LogP) is 2.03. The first kappa shape index (κ1) is 17.7. The van der Waals surface area contributed by atoms with Crippen molar-refractivity contribution in [1.29, 1.82) is 0 Å². The Morgan fingerprint density at radius 2 is 2.00 bits per heavy atom. The molecule has 2 aliphatic rings. The van der Waals surface area contributed by atoms with Crippen LogP contribution in [0.15, 0.2) is 30.6 Å². The maximum absolute atomic E-state index is 12.5. The van der Waals surface area contributed by atoms with Gasteiger partial charge in [-0.2, -0.15) is 4.31 Å². The highest BCUT2D eigenvalue weighted by atomic mass is 32.2. The van der Waals surface area contributed by atoms with Gasteiger partial charge in [0.25, 0.3) is 0 Å². The summed E-state index contributed by atoms with van der Waals surface area (Å²) in [5, 5.41) is 0. The number of hydrogen-bond donors (Lipinski definition) is 1. The van der Waals surface area contributed by atoms with E-state index in [0.29, 0.717) is 13.0 Å². The van der Waals surface area contributed by atoms with Gasteiger partial charge in [-0.05, 0) is 25.3 Å². The number of nitrogens with zero attached hydrogens (tertiary/aromatic N) is 3. The lowest BCUT2D eigenvalue weighted by Gasteiger charge is -2.49. The second-order valence-corrected chi connectivity index (χ2v) is 9.52. The molecule has 6 nitrogen and oxygen atoms in total. The number of nitrogens with one attached hydrogen (secondary N) is 1. The van der Waals surface area contributed by atoms with Crippen LogP contribution in [0.1, 0.15) is 35.4 Å². The number of piperidine rings is 1. The molecule has 0 radical (unpaired) electrons. The molecule has 2 aromatic rings. The fourth-order valence-corrected chi connectivity index (χ4v) is 5.90. The Kier molecular flexibility index (Phi) is 4.41. The first-order valence-corrected chi connectivity index (χ1v) is 11.0. The number of benzene rings is 1. The number of aromatic amines is 1. The Bertz CT molecular complexity index is 898. The lowest BCUT2D eigenvalue weighted by molar-refractivity contribution is 0.0604. The van der Waals surface area contributed by atoms with Crippen LogP contribution in [-0.2, 0) is 28.5 Å². The smallest absolute Gasteiger partial charge is 0.212 e. The third-order valence-electron chi connectivity index (χ3n) is 5.77. The van der Waals surface area contributed by atoms with Crippen molar-refractivity contribution < 1.29 is 8.42 Å². The molecule has 0 aliphatic carbocycles. The quantitative estimate of drug-likeness (QED) is 0.892. The van der Waals surface area contributed by atoms with Crippen LogP contribution < -0.4 is 0 Å². The van der Waals surface area contributed by atoms with Gasteiger partial charge in [0.05, 0.1) is 23.8 Å². The number of likely N-dealkylation sites (tertiary alicyclic amines) is 1. The fraction of sp³-hybridized carbons (Fsp3) is 0.526. The summed E-state index contributed by atoms with van der Waals surface area (Å²) >= 11 is 0. The van der Waals surface area contributed by atoms with Gasteiger partial charge in [0.1, 0.15) is 0 Å². The summed E-state index contributed by atoms with van der Waals surface area (Å²) in [6.07, 6.45) is 5.30. The number of H-pyrrole nitrogens is 1. The number of hydrogen-bond acceptors (Lipinski definition) is 4. The van der Waals surface area contributed by atoms with Gasteiger partial charge in [-0.1, -0.05) is 29.8 Å². The summed E-state index contributed by atoms with van der Waals surface area (Å²) in [4.78, 5) is 10.2. The summed E-state index contributed by atoms with van der Waals surface area (Å²) < 4.78 is 26.7. The molecule has 1 N–H and O–H groups in total. The molecule has 0 unspecified atom stereocenters. The number of rotatable bonds is 3. The van der Waals surface area contributed by atoms with Gasteiger partial charge < -0.3 is 4.98 Å². The van der Waals surface area contributed by atoms with E-state index in [0.717, 1.165) is 43.9 Å². The zero-order valence-corrected chi connectivity index (χ0v) is 16.2. The Morgan fingerprint density at radius 1 is 1.23 bits per heavy atom. The van der Waals surface area contributed by atoms with Gasteiger partial charge in [0, 0.05) is 38.3 Å². The summed E-state index contributed by atoms with van der Waals surface area (Å²) in [5.41, 5.74) is 4.11. The SMILES string of the molecule is Cc1cccc(CN2CCC3(CC2)c2nc[nH]c2CCN3S(C)(=O)=O)c1. The molecule has 1 saturated heterocycles. The van der Waals surface area contributed by atoms with E-state index < -0.39 is 15.6 Å². The highest BCUT2D eigenvalue weighted by Crippen LogP contribution is 2.43. The van der Waals surface area contributed by atoms with Crippen molar-refractivity contribution in [1.82, 2.24) is 19.2 Å². The Hall–Kier alpha value is -1.70. The summed E-state index contributed by atoms with van der Waals surface area (Å²) in [6, 6.07) is 8.59. The average molecular weight is 375 g/mol. The average Bonchev–Trinajstić information content (AvgIpc) is 3.06. The minimum absolute atomic E-state index is 0.496. The Labute approximate surface area is 155 Å². The van der Waals surface area contributed by atoms with E-state index in [4.69, 9.17) is 0 Å². The third-order valence-corrected chi connectivity index (χ3v) is 7.11. The van der Waals surface area contributed by atoms with Crippen molar-refractivity contribution in [2.45, 2.75) is 38.3 Å². The van der Waals surface area contributed by atoms with Crippen LogP contribution in [0.25, 0.3) is 0 Å². The standard InChI is InChI=1S/C19H26N4O2S/c1-15-4-3-5-16(12-15)13-22-10-7-19(8-11-22)18-17(20-14-21-18)6-9-23(19)26(2,24)25/h3-5,12,14H,6-11,13H2,1-2H3,(H,20,21). The molecule has 140 valence electrons. The monoisotopic (exact) mass is 374 g/mol. The summed E-state index contributed by atoms with van der Waals surface area (Å²) in [6.45, 7) is 5.29. The van der Waals surface area contributed by atoms with Gasteiger partial charge in [0.15, 0.2) is 0 Å². The van der Waals surface area contributed by atoms with Crippen molar-refractivity contribution in [2.75, 3.05) is 25.9 Å². The maximum Gasteiger partial charge on any atom is 0.212 e. The third kappa shape index (κ3) is 3.08.